The van der Waals surface area contributed by atoms with Crippen LogP contribution in [0.4, 0.5) is 0 Å². The number of aromatic carboxylic acids is 1. The predicted octanol–water partition coefficient (Wildman–Crippen LogP) is 3.09. The molecule has 0 aliphatic rings. The van der Waals surface area contributed by atoms with Crippen molar-refractivity contribution in [2.45, 2.75) is 19.8 Å². The number of ether oxygens (including phenoxy) is 1. The third-order valence-electron chi connectivity index (χ3n) is 2.52. The van der Waals surface area contributed by atoms with E-state index in [4.69, 9.17) is 9.84 Å². The van der Waals surface area contributed by atoms with Gasteiger partial charge in [-0.15, -0.1) is 0 Å². The number of hydrogen-bond donors (Lipinski definition) is 1. The van der Waals surface area contributed by atoms with Gasteiger partial charge in [0.2, 0.25) is 5.88 Å². The molecule has 0 aromatic carbocycles. The molecule has 0 amide bonds. The number of pyridine rings is 2. The monoisotopic (exact) mass is 258 g/mol. The Morgan fingerprint density at radius 3 is 2.74 bits per heavy atom. The van der Waals surface area contributed by atoms with E-state index in [0.29, 0.717) is 11.4 Å². The molecule has 0 bridgehead atoms. The lowest BCUT2D eigenvalue weighted by atomic mass is 10.1. The zero-order valence-corrected chi connectivity index (χ0v) is 10.7. The number of rotatable bonds is 4. The lowest BCUT2D eigenvalue weighted by Crippen LogP contribution is -2.03. The van der Waals surface area contributed by atoms with Gasteiger partial charge < -0.3 is 9.84 Å². The van der Waals surface area contributed by atoms with Crippen LogP contribution in [-0.4, -0.2) is 21.0 Å². The SMILES string of the molecule is CC(C)c1cc(C(=O)O)cc(Oc2cccnc2)n1. The molecule has 5 nitrogen and oxygen atoms in total. The van der Waals surface area contributed by atoms with Gasteiger partial charge in [-0.1, -0.05) is 13.8 Å². The Morgan fingerprint density at radius 2 is 2.16 bits per heavy atom. The van der Waals surface area contributed by atoms with E-state index >= 15 is 0 Å². The Kier molecular flexibility index (Phi) is 3.75. The molecule has 0 aliphatic heterocycles. The molecule has 0 radical (unpaired) electrons. The molecule has 0 atom stereocenters. The average Bonchev–Trinajstić information content (AvgIpc) is 2.39. The Balaban J connectivity index is 2.36. The van der Waals surface area contributed by atoms with E-state index in [2.05, 4.69) is 9.97 Å². The molecule has 98 valence electrons. The van der Waals surface area contributed by atoms with E-state index in [1.807, 2.05) is 13.8 Å². The lowest BCUT2D eigenvalue weighted by molar-refractivity contribution is 0.0696. The number of carboxylic acid groups (broad SMARTS) is 1. The summed E-state index contributed by atoms with van der Waals surface area (Å²) < 4.78 is 5.52. The van der Waals surface area contributed by atoms with E-state index in [-0.39, 0.29) is 17.4 Å². The second-order valence-electron chi connectivity index (χ2n) is 4.37. The van der Waals surface area contributed by atoms with Gasteiger partial charge in [-0.2, -0.15) is 0 Å². The van der Waals surface area contributed by atoms with Crippen LogP contribution in [0, 0.1) is 0 Å². The molecule has 0 unspecified atom stereocenters. The summed E-state index contributed by atoms with van der Waals surface area (Å²) in [6.45, 7) is 3.89. The molecule has 0 spiro atoms. The molecule has 0 saturated carbocycles. The smallest absolute Gasteiger partial charge is 0.335 e. The molecule has 2 aromatic rings. The maximum atomic E-state index is 11.1. The topological polar surface area (TPSA) is 72.3 Å². The van der Waals surface area contributed by atoms with Crippen molar-refractivity contribution < 1.29 is 14.6 Å². The minimum atomic E-state index is -1.000. The number of carbonyl (C=O) groups is 1. The van der Waals surface area contributed by atoms with Crippen molar-refractivity contribution in [2.75, 3.05) is 0 Å². The fraction of sp³-hybridized carbons (Fsp3) is 0.214. The highest BCUT2D eigenvalue weighted by Gasteiger charge is 2.12. The molecule has 5 heteroatoms. The first kappa shape index (κ1) is 13.0. The Labute approximate surface area is 110 Å². The van der Waals surface area contributed by atoms with Gasteiger partial charge in [0.05, 0.1) is 11.8 Å². The van der Waals surface area contributed by atoms with Crippen LogP contribution in [0.15, 0.2) is 36.7 Å². The Morgan fingerprint density at radius 1 is 1.37 bits per heavy atom. The number of aromatic nitrogens is 2. The summed E-state index contributed by atoms with van der Waals surface area (Å²) >= 11 is 0. The first-order valence-electron chi connectivity index (χ1n) is 5.89. The fourth-order valence-electron chi connectivity index (χ4n) is 1.53. The zero-order chi connectivity index (χ0) is 13.8. The zero-order valence-electron chi connectivity index (χ0n) is 10.7. The minimum Gasteiger partial charge on any atom is -0.478 e. The molecule has 0 saturated heterocycles. The summed E-state index contributed by atoms with van der Waals surface area (Å²) in [6, 6.07) is 6.43. The molecular formula is C14H14N2O3. The van der Waals surface area contributed by atoms with E-state index in [1.54, 1.807) is 30.6 Å². The van der Waals surface area contributed by atoms with Gasteiger partial charge >= 0.3 is 5.97 Å². The van der Waals surface area contributed by atoms with Crippen molar-refractivity contribution in [3.8, 4) is 11.6 Å². The van der Waals surface area contributed by atoms with Crippen LogP contribution in [-0.2, 0) is 0 Å². The van der Waals surface area contributed by atoms with Crippen molar-refractivity contribution >= 4 is 5.97 Å². The second-order valence-corrected chi connectivity index (χ2v) is 4.37. The molecule has 1 N–H and O–H groups in total. The Bertz CT molecular complexity index is 582. The van der Waals surface area contributed by atoms with Crippen LogP contribution < -0.4 is 4.74 Å². The van der Waals surface area contributed by atoms with Crippen molar-refractivity contribution in [2.24, 2.45) is 0 Å². The van der Waals surface area contributed by atoms with Gasteiger partial charge in [0.15, 0.2) is 0 Å². The first-order valence-corrected chi connectivity index (χ1v) is 5.89. The van der Waals surface area contributed by atoms with Crippen LogP contribution in [0.5, 0.6) is 11.6 Å². The van der Waals surface area contributed by atoms with Crippen LogP contribution >= 0.6 is 0 Å². The summed E-state index contributed by atoms with van der Waals surface area (Å²) in [5.74, 6) is -0.0975. The van der Waals surface area contributed by atoms with Crippen molar-refractivity contribution in [1.29, 1.82) is 0 Å². The first-order chi connectivity index (χ1) is 9.06. The second kappa shape index (κ2) is 5.48. The van der Waals surface area contributed by atoms with Gasteiger partial charge in [0.25, 0.3) is 0 Å². The largest absolute Gasteiger partial charge is 0.478 e. The highest BCUT2D eigenvalue weighted by atomic mass is 16.5. The molecule has 2 heterocycles. The van der Waals surface area contributed by atoms with Gasteiger partial charge in [0, 0.05) is 18.0 Å². The maximum Gasteiger partial charge on any atom is 0.335 e. The van der Waals surface area contributed by atoms with Gasteiger partial charge in [-0.05, 0) is 24.1 Å². The Hall–Kier alpha value is -2.43. The molecule has 19 heavy (non-hydrogen) atoms. The van der Waals surface area contributed by atoms with Crippen LogP contribution in [0.25, 0.3) is 0 Å². The highest BCUT2D eigenvalue weighted by molar-refractivity contribution is 5.88. The fourth-order valence-corrected chi connectivity index (χ4v) is 1.53. The summed E-state index contributed by atoms with van der Waals surface area (Å²) in [5.41, 5.74) is 0.844. The third kappa shape index (κ3) is 3.28. The van der Waals surface area contributed by atoms with Crippen LogP contribution in [0.1, 0.15) is 35.8 Å². The predicted molar refractivity (Wildman–Crippen MR) is 69.6 cm³/mol. The average molecular weight is 258 g/mol. The van der Waals surface area contributed by atoms with Crippen molar-refractivity contribution in [1.82, 2.24) is 9.97 Å². The summed E-state index contributed by atoms with van der Waals surface area (Å²) in [5, 5.41) is 9.09. The lowest BCUT2D eigenvalue weighted by Gasteiger charge is -2.10. The molecular weight excluding hydrogens is 244 g/mol. The highest BCUT2D eigenvalue weighted by Crippen LogP contribution is 2.23. The van der Waals surface area contributed by atoms with Gasteiger partial charge in [-0.25, -0.2) is 9.78 Å². The molecule has 2 rings (SSSR count). The quantitative estimate of drug-likeness (QED) is 0.912. The van der Waals surface area contributed by atoms with E-state index in [1.165, 1.54) is 6.07 Å². The normalized spacial score (nSPS) is 10.5. The van der Waals surface area contributed by atoms with Gasteiger partial charge in [0.1, 0.15) is 5.75 Å². The third-order valence-corrected chi connectivity index (χ3v) is 2.52. The number of carboxylic acids is 1. The van der Waals surface area contributed by atoms with E-state index < -0.39 is 5.97 Å². The van der Waals surface area contributed by atoms with Crippen LogP contribution in [0.2, 0.25) is 0 Å². The minimum absolute atomic E-state index is 0.121. The van der Waals surface area contributed by atoms with E-state index in [9.17, 15) is 4.79 Å². The van der Waals surface area contributed by atoms with Crippen LogP contribution in [0.3, 0.4) is 0 Å². The van der Waals surface area contributed by atoms with Crippen molar-refractivity contribution in [3.05, 3.63) is 47.9 Å². The molecule has 2 aromatic heterocycles. The summed E-state index contributed by atoms with van der Waals surface area (Å²) in [4.78, 5) is 19.3. The number of nitrogens with zero attached hydrogens (tertiary/aromatic N) is 2. The molecule has 0 fully saturated rings. The standard InChI is InChI=1S/C14H14N2O3/c1-9(2)12-6-10(14(17)18)7-13(16-12)19-11-4-3-5-15-8-11/h3-9H,1-2H3,(H,17,18). The van der Waals surface area contributed by atoms with Gasteiger partial charge in [-0.3, -0.25) is 4.98 Å². The maximum absolute atomic E-state index is 11.1. The summed E-state index contributed by atoms with van der Waals surface area (Å²) in [6.07, 6.45) is 3.18. The number of hydrogen-bond acceptors (Lipinski definition) is 4. The van der Waals surface area contributed by atoms with E-state index in [0.717, 1.165) is 0 Å². The summed E-state index contributed by atoms with van der Waals surface area (Å²) in [7, 11) is 0. The molecule has 0 aliphatic carbocycles. The van der Waals surface area contributed by atoms with Crippen molar-refractivity contribution in [3.63, 3.8) is 0 Å².